The molecule has 0 saturated carbocycles. The molecule has 5 heteroatoms. The van der Waals surface area contributed by atoms with Crippen LogP contribution >= 0.6 is 15.9 Å². The lowest BCUT2D eigenvalue weighted by Crippen LogP contribution is -2.31. The first kappa shape index (κ1) is 13.8. The highest BCUT2D eigenvalue weighted by Crippen LogP contribution is 2.26. The third kappa shape index (κ3) is 2.71. The predicted molar refractivity (Wildman–Crippen MR) is 76.8 cm³/mol. The summed E-state index contributed by atoms with van der Waals surface area (Å²) >= 11 is 3.40. The molecule has 1 aromatic carbocycles. The Bertz CT molecular complexity index is 588. The van der Waals surface area contributed by atoms with Gasteiger partial charge in [0.15, 0.2) is 0 Å². The molecule has 1 heterocycles. The molecular formula is C14H15BrN2O2. The first-order chi connectivity index (χ1) is 8.95. The van der Waals surface area contributed by atoms with E-state index in [9.17, 15) is 4.79 Å². The summed E-state index contributed by atoms with van der Waals surface area (Å²) in [6.07, 6.45) is 1.73. The highest BCUT2D eigenvalue weighted by Gasteiger charge is 2.34. The van der Waals surface area contributed by atoms with Gasteiger partial charge in [-0.1, -0.05) is 28.1 Å². The molecule has 19 heavy (non-hydrogen) atoms. The Morgan fingerprint density at radius 1 is 1.32 bits per heavy atom. The van der Waals surface area contributed by atoms with Crippen LogP contribution in [0.1, 0.15) is 19.7 Å². The number of halogens is 1. The van der Waals surface area contributed by atoms with E-state index in [1.165, 1.54) is 7.11 Å². The summed E-state index contributed by atoms with van der Waals surface area (Å²) in [5, 5.41) is 0. The van der Waals surface area contributed by atoms with Gasteiger partial charge in [-0.15, -0.1) is 0 Å². The van der Waals surface area contributed by atoms with Crippen molar-refractivity contribution in [3.8, 4) is 11.3 Å². The number of rotatable bonds is 3. The zero-order valence-corrected chi connectivity index (χ0v) is 12.6. The Balaban J connectivity index is 2.34. The maximum atomic E-state index is 11.7. The molecule has 0 amide bonds. The molecule has 0 aliphatic rings. The number of carbonyl (C=O) groups excluding carboxylic acids is 1. The van der Waals surface area contributed by atoms with Crippen LogP contribution in [0.3, 0.4) is 0 Å². The van der Waals surface area contributed by atoms with Crippen LogP contribution < -0.4 is 0 Å². The standard InChI is InChI=1S/C14H15BrN2O2/c1-14(2,13(18)19-3)12-16-8-11(17-12)9-4-6-10(15)7-5-9/h4-8H,1-3H3,(H,16,17). The van der Waals surface area contributed by atoms with Crippen molar-refractivity contribution >= 4 is 21.9 Å². The summed E-state index contributed by atoms with van der Waals surface area (Å²) < 4.78 is 5.81. The second kappa shape index (κ2) is 5.17. The molecule has 4 nitrogen and oxygen atoms in total. The second-order valence-electron chi connectivity index (χ2n) is 4.77. The van der Waals surface area contributed by atoms with Gasteiger partial charge in [-0.3, -0.25) is 4.79 Å². The maximum absolute atomic E-state index is 11.7. The van der Waals surface area contributed by atoms with E-state index >= 15 is 0 Å². The van der Waals surface area contributed by atoms with Gasteiger partial charge in [0.05, 0.1) is 19.0 Å². The van der Waals surface area contributed by atoms with E-state index < -0.39 is 5.41 Å². The van der Waals surface area contributed by atoms with Crippen LogP contribution in [0.2, 0.25) is 0 Å². The largest absolute Gasteiger partial charge is 0.468 e. The fourth-order valence-electron chi connectivity index (χ4n) is 1.77. The molecule has 1 N–H and O–H groups in total. The quantitative estimate of drug-likeness (QED) is 0.882. The van der Waals surface area contributed by atoms with Crippen LogP contribution in [0.4, 0.5) is 0 Å². The minimum Gasteiger partial charge on any atom is -0.468 e. The first-order valence-electron chi connectivity index (χ1n) is 5.85. The van der Waals surface area contributed by atoms with Gasteiger partial charge in [-0.2, -0.15) is 0 Å². The van der Waals surface area contributed by atoms with Crippen molar-refractivity contribution in [1.29, 1.82) is 0 Å². The number of ether oxygens (including phenoxy) is 1. The third-order valence-electron chi connectivity index (χ3n) is 3.02. The van der Waals surface area contributed by atoms with Crippen LogP contribution in [-0.4, -0.2) is 23.0 Å². The molecule has 0 unspecified atom stereocenters. The number of carbonyl (C=O) groups is 1. The van der Waals surface area contributed by atoms with Gasteiger partial charge >= 0.3 is 5.97 Å². The van der Waals surface area contributed by atoms with E-state index in [0.29, 0.717) is 5.82 Å². The molecule has 100 valence electrons. The Labute approximate surface area is 120 Å². The molecule has 0 bridgehead atoms. The summed E-state index contributed by atoms with van der Waals surface area (Å²) in [7, 11) is 1.38. The minimum absolute atomic E-state index is 0.316. The number of nitrogens with one attached hydrogen (secondary N) is 1. The van der Waals surface area contributed by atoms with Gasteiger partial charge in [0.25, 0.3) is 0 Å². The van der Waals surface area contributed by atoms with E-state index in [4.69, 9.17) is 4.74 Å². The van der Waals surface area contributed by atoms with Gasteiger partial charge in [-0.05, 0) is 31.5 Å². The average Bonchev–Trinajstić information content (AvgIpc) is 2.88. The summed E-state index contributed by atoms with van der Waals surface area (Å²) in [5.74, 6) is 0.279. The predicted octanol–water partition coefficient (Wildman–Crippen LogP) is 3.29. The third-order valence-corrected chi connectivity index (χ3v) is 3.55. The second-order valence-corrected chi connectivity index (χ2v) is 5.68. The Morgan fingerprint density at radius 3 is 2.53 bits per heavy atom. The summed E-state index contributed by atoms with van der Waals surface area (Å²) in [4.78, 5) is 19.2. The van der Waals surface area contributed by atoms with Gasteiger partial charge in [0.2, 0.25) is 0 Å². The number of aromatic amines is 1. The smallest absolute Gasteiger partial charge is 0.318 e. The lowest BCUT2D eigenvalue weighted by atomic mass is 9.93. The number of aromatic nitrogens is 2. The topological polar surface area (TPSA) is 55.0 Å². The fraction of sp³-hybridized carbons (Fsp3) is 0.286. The van der Waals surface area contributed by atoms with Crippen molar-refractivity contribution in [2.75, 3.05) is 7.11 Å². The molecule has 0 saturated heterocycles. The Morgan fingerprint density at radius 2 is 1.95 bits per heavy atom. The monoisotopic (exact) mass is 322 g/mol. The van der Waals surface area contributed by atoms with Crippen molar-refractivity contribution in [2.24, 2.45) is 0 Å². The zero-order valence-electron chi connectivity index (χ0n) is 11.0. The Kier molecular flexibility index (Phi) is 3.75. The Hall–Kier alpha value is -1.62. The van der Waals surface area contributed by atoms with E-state index in [-0.39, 0.29) is 5.97 Å². The molecule has 0 aliphatic carbocycles. The molecule has 1 aromatic heterocycles. The summed E-state index contributed by atoms with van der Waals surface area (Å²) in [6.45, 7) is 3.56. The van der Waals surface area contributed by atoms with E-state index in [1.54, 1.807) is 20.0 Å². The highest BCUT2D eigenvalue weighted by atomic mass is 79.9. The maximum Gasteiger partial charge on any atom is 0.318 e. The number of methoxy groups -OCH3 is 1. The van der Waals surface area contributed by atoms with Crippen molar-refractivity contribution in [3.05, 3.63) is 40.8 Å². The van der Waals surface area contributed by atoms with E-state index in [1.807, 2.05) is 24.3 Å². The molecule has 2 aromatic rings. The van der Waals surface area contributed by atoms with Crippen LogP contribution in [0.5, 0.6) is 0 Å². The normalized spacial score (nSPS) is 11.4. The minimum atomic E-state index is -0.789. The van der Waals surface area contributed by atoms with Gasteiger partial charge in [0.1, 0.15) is 11.2 Å². The average molecular weight is 323 g/mol. The van der Waals surface area contributed by atoms with Crippen LogP contribution in [0.15, 0.2) is 34.9 Å². The molecule has 0 aliphatic heterocycles. The van der Waals surface area contributed by atoms with E-state index in [0.717, 1.165) is 15.7 Å². The zero-order chi connectivity index (χ0) is 14.0. The van der Waals surface area contributed by atoms with Crippen LogP contribution in [-0.2, 0) is 14.9 Å². The summed E-state index contributed by atoms with van der Waals surface area (Å²) in [5.41, 5.74) is 1.10. The lowest BCUT2D eigenvalue weighted by molar-refractivity contribution is -0.146. The van der Waals surface area contributed by atoms with E-state index in [2.05, 4.69) is 25.9 Å². The molecule has 0 radical (unpaired) electrons. The lowest BCUT2D eigenvalue weighted by Gasteiger charge is -2.18. The van der Waals surface area contributed by atoms with Gasteiger partial charge in [-0.25, -0.2) is 4.98 Å². The SMILES string of the molecule is COC(=O)C(C)(C)c1ncc(-c2ccc(Br)cc2)[nH]1. The molecule has 2 rings (SSSR count). The number of esters is 1. The fourth-order valence-corrected chi connectivity index (χ4v) is 2.03. The summed E-state index contributed by atoms with van der Waals surface area (Å²) in [6, 6.07) is 7.88. The van der Waals surface area contributed by atoms with Crippen molar-refractivity contribution in [2.45, 2.75) is 19.3 Å². The van der Waals surface area contributed by atoms with Crippen LogP contribution in [0.25, 0.3) is 11.3 Å². The van der Waals surface area contributed by atoms with Crippen LogP contribution in [0, 0.1) is 0 Å². The number of benzene rings is 1. The molecule has 0 atom stereocenters. The van der Waals surface area contributed by atoms with Gasteiger partial charge in [0, 0.05) is 4.47 Å². The number of imidazole rings is 1. The van der Waals surface area contributed by atoms with Crippen molar-refractivity contribution in [1.82, 2.24) is 9.97 Å². The molecule has 0 fully saturated rings. The molecule has 0 spiro atoms. The molecular weight excluding hydrogens is 308 g/mol. The van der Waals surface area contributed by atoms with Gasteiger partial charge < -0.3 is 9.72 Å². The first-order valence-corrected chi connectivity index (χ1v) is 6.64. The number of hydrogen-bond donors (Lipinski definition) is 1. The van der Waals surface area contributed by atoms with Crippen molar-refractivity contribution in [3.63, 3.8) is 0 Å². The number of nitrogens with zero attached hydrogens (tertiary/aromatic N) is 1. The highest BCUT2D eigenvalue weighted by molar-refractivity contribution is 9.10. The van der Waals surface area contributed by atoms with Crippen molar-refractivity contribution < 1.29 is 9.53 Å². The number of H-pyrrole nitrogens is 1. The number of hydrogen-bond acceptors (Lipinski definition) is 3.